The van der Waals surface area contributed by atoms with E-state index < -0.39 is 0 Å². The number of aliphatic imine (C=N–C) groups is 1. The van der Waals surface area contributed by atoms with Gasteiger partial charge in [0.05, 0.1) is 18.8 Å². The molecule has 0 radical (unpaired) electrons. The maximum Gasteiger partial charge on any atom is 0.213 e. The Morgan fingerprint density at radius 1 is 1.38 bits per heavy atom. The third-order valence-corrected chi connectivity index (χ3v) is 4.96. The number of nitrogens with one attached hydrogen (secondary N) is 1. The summed E-state index contributed by atoms with van der Waals surface area (Å²) < 4.78 is 7.60. The maximum absolute atomic E-state index is 5.71. The van der Waals surface area contributed by atoms with Crippen molar-refractivity contribution < 1.29 is 4.74 Å². The molecule has 7 heteroatoms. The third-order valence-electron chi connectivity index (χ3n) is 4.96. The largest absolute Gasteiger partial charge is 0.477 e. The van der Waals surface area contributed by atoms with E-state index in [1.165, 1.54) is 18.4 Å². The minimum absolute atomic E-state index is 0.394. The van der Waals surface area contributed by atoms with Gasteiger partial charge in [-0.1, -0.05) is 19.9 Å². The highest BCUT2D eigenvalue weighted by Gasteiger charge is 2.22. The number of nitrogens with zero attached hydrogens (tertiary/aromatic N) is 5. The molecule has 1 saturated carbocycles. The van der Waals surface area contributed by atoms with Crippen LogP contribution >= 0.6 is 0 Å². The van der Waals surface area contributed by atoms with E-state index in [1.54, 1.807) is 0 Å². The van der Waals surface area contributed by atoms with Gasteiger partial charge in [0.2, 0.25) is 5.88 Å². The predicted octanol–water partition coefficient (Wildman–Crippen LogP) is 3.32. The van der Waals surface area contributed by atoms with Gasteiger partial charge in [-0.15, -0.1) is 0 Å². The van der Waals surface area contributed by atoms with Crippen LogP contribution < -0.4 is 10.1 Å². The van der Waals surface area contributed by atoms with Crippen LogP contribution in [0, 0.1) is 5.92 Å². The second kappa shape index (κ2) is 9.76. The van der Waals surface area contributed by atoms with Crippen LogP contribution in [0.2, 0.25) is 0 Å². The normalized spacial score (nSPS) is 14.3. The Bertz CT molecular complexity index is 807. The average molecular weight is 399 g/mol. The lowest BCUT2D eigenvalue weighted by molar-refractivity contribution is 0.288. The summed E-state index contributed by atoms with van der Waals surface area (Å²) in [5.41, 5.74) is 3.44. The number of hydrogen-bond acceptors (Lipinski definition) is 4. The molecule has 1 aliphatic rings. The number of pyridine rings is 1. The summed E-state index contributed by atoms with van der Waals surface area (Å²) in [6.45, 7) is 9.38. The monoisotopic (exact) mass is 398 g/mol. The van der Waals surface area contributed by atoms with Crippen molar-refractivity contribution >= 4 is 5.96 Å². The van der Waals surface area contributed by atoms with Gasteiger partial charge < -0.3 is 15.0 Å². The van der Waals surface area contributed by atoms with E-state index in [-0.39, 0.29) is 0 Å². The van der Waals surface area contributed by atoms with Gasteiger partial charge in [-0.05, 0) is 37.2 Å². The van der Waals surface area contributed by atoms with Crippen molar-refractivity contribution in [2.75, 3.05) is 20.2 Å². The van der Waals surface area contributed by atoms with Gasteiger partial charge in [0.25, 0.3) is 0 Å². The molecule has 0 unspecified atom stereocenters. The molecule has 2 heterocycles. The van der Waals surface area contributed by atoms with E-state index in [2.05, 4.69) is 54.3 Å². The standard InChI is InChI=1S/C22H34N6O/c1-6-23-22(27(4)13-19-14-28(5)26-21(19)16(2)3)25-12-18-9-10-20(24-11-18)29-15-17-7-8-17/h9-11,14,16-17H,6-8,12-13,15H2,1-5H3,(H,23,25). The van der Waals surface area contributed by atoms with Crippen LogP contribution in [0.1, 0.15) is 56.4 Å². The molecule has 1 N–H and O–H groups in total. The number of ether oxygens (including phenoxy) is 1. The molecule has 2 aromatic rings. The van der Waals surface area contributed by atoms with Crippen LogP contribution in [0.5, 0.6) is 5.88 Å². The second-order valence-electron chi connectivity index (χ2n) is 8.15. The van der Waals surface area contributed by atoms with Crippen LogP contribution in [0.3, 0.4) is 0 Å². The van der Waals surface area contributed by atoms with Crippen molar-refractivity contribution in [3.8, 4) is 5.88 Å². The summed E-state index contributed by atoms with van der Waals surface area (Å²) in [5, 5.41) is 7.99. The first-order valence-electron chi connectivity index (χ1n) is 10.6. The zero-order chi connectivity index (χ0) is 20.8. The van der Waals surface area contributed by atoms with Crippen LogP contribution in [0.15, 0.2) is 29.5 Å². The van der Waals surface area contributed by atoms with Gasteiger partial charge in [0, 0.05) is 51.2 Å². The average Bonchev–Trinajstić information content (AvgIpc) is 3.45. The number of aryl methyl sites for hydroxylation is 1. The molecule has 158 valence electrons. The summed E-state index contributed by atoms with van der Waals surface area (Å²) in [4.78, 5) is 11.4. The molecule has 1 fully saturated rings. The first kappa shape index (κ1) is 21.1. The van der Waals surface area contributed by atoms with Gasteiger partial charge in [-0.25, -0.2) is 9.98 Å². The molecule has 0 saturated heterocycles. The van der Waals surface area contributed by atoms with Gasteiger partial charge in [0.1, 0.15) is 0 Å². The van der Waals surface area contributed by atoms with Gasteiger partial charge in [-0.2, -0.15) is 5.10 Å². The minimum atomic E-state index is 0.394. The first-order chi connectivity index (χ1) is 14.0. The van der Waals surface area contributed by atoms with E-state index in [4.69, 9.17) is 9.73 Å². The Morgan fingerprint density at radius 3 is 2.79 bits per heavy atom. The quantitative estimate of drug-likeness (QED) is 0.518. The van der Waals surface area contributed by atoms with Crippen LogP contribution in [0.25, 0.3) is 0 Å². The Hall–Kier alpha value is -2.57. The number of aromatic nitrogens is 3. The fourth-order valence-electron chi connectivity index (χ4n) is 3.21. The smallest absolute Gasteiger partial charge is 0.213 e. The highest BCUT2D eigenvalue weighted by molar-refractivity contribution is 5.79. The Morgan fingerprint density at radius 2 is 2.17 bits per heavy atom. The van der Waals surface area contributed by atoms with E-state index in [0.717, 1.165) is 42.8 Å². The molecule has 0 amide bonds. The third kappa shape index (κ3) is 6.21. The van der Waals surface area contributed by atoms with Crippen molar-refractivity contribution in [3.05, 3.63) is 41.3 Å². The highest BCUT2D eigenvalue weighted by atomic mass is 16.5. The topological polar surface area (TPSA) is 67.6 Å². The lowest BCUT2D eigenvalue weighted by Crippen LogP contribution is -2.38. The van der Waals surface area contributed by atoms with Crippen LogP contribution in [-0.4, -0.2) is 45.8 Å². The SMILES string of the molecule is CCNC(=NCc1ccc(OCC2CC2)nc1)N(C)Cc1cn(C)nc1C(C)C. The zero-order valence-corrected chi connectivity index (χ0v) is 18.4. The first-order valence-corrected chi connectivity index (χ1v) is 10.6. The summed E-state index contributed by atoms with van der Waals surface area (Å²) in [6.07, 6.45) is 6.52. The molecule has 0 atom stereocenters. The Balaban J connectivity index is 1.62. The Kier molecular flexibility index (Phi) is 7.12. The van der Waals surface area contributed by atoms with Crippen molar-refractivity contribution in [3.63, 3.8) is 0 Å². The fraction of sp³-hybridized carbons (Fsp3) is 0.591. The molecule has 29 heavy (non-hydrogen) atoms. The molecule has 0 bridgehead atoms. The summed E-state index contributed by atoms with van der Waals surface area (Å²) in [6, 6.07) is 3.98. The number of rotatable bonds is 9. The molecule has 2 aromatic heterocycles. The fourth-order valence-corrected chi connectivity index (χ4v) is 3.21. The second-order valence-corrected chi connectivity index (χ2v) is 8.15. The van der Waals surface area contributed by atoms with Crippen molar-refractivity contribution in [1.82, 2.24) is 25.0 Å². The zero-order valence-electron chi connectivity index (χ0n) is 18.4. The van der Waals surface area contributed by atoms with Crippen LogP contribution in [0.4, 0.5) is 0 Å². The number of guanidine groups is 1. The molecule has 0 aromatic carbocycles. The minimum Gasteiger partial charge on any atom is -0.477 e. The van der Waals surface area contributed by atoms with E-state index in [1.807, 2.05) is 30.1 Å². The van der Waals surface area contributed by atoms with Crippen molar-refractivity contribution in [2.45, 2.75) is 52.6 Å². The maximum atomic E-state index is 5.71. The molecular formula is C22H34N6O. The van der Waals surface area contributed by atoms with Gasteiger partial charge >= 0.3 is 0 Å². The molecule has 0 spiro atoms. The van der Waals surface area contributed by atoms with Gasteiger partial charge in [-0.3, -0.25) is 4.68 Å². The highest BCUT2D eigenvalue weighted by Crippen LogP contribution is 2.29. The number of hydrogen-bond donors (Lipinski definition) is 1. The molecule has 3 rings (SSSR count). The van der Waals surface area contributed by atoms with Gasteiger partial charge in [0.15, 0.2) is 5.96 Å². The van der Waals surface area contributed by atoms with E-state index in [0.29, 0.717) is 18.3 Å². The predicted molar refractivity (Wildman–Crippen MR) is 116 cm³/mol. The Labute approximate surface area is 174 Å². The summed E-state index contributed by atoms with van der Waals surface area (Å²) >= 11 is 0. The molecular weight excluding hydrogens is 364 g/mol. The lowest BCUT2D eigenvalue weighted by atomic mass is 10.1. The molecule has 0 aliphatic heterocycles. The van der Waals surface area contributed by atoms with E-state index >= 15 is 0 Å². The van der Waals surface area contributed by atoms with Crippen molar-refractivity contribution in [1.29, 1.82) is 0 Å². The van der Waals surface area contributed by atoms with Crippen molar-refractivity contribution in [2.24, 2.45) is 18.0 Å². The molecule has 1 aliphatic carbocycles. The summed E-state index contributed by atoms with van der Waals surface area (Å²) in [5.74, 6) is 2.70. The lowest BCUT2D eigenvalue weighted by Gasteiger charge is -2.22. The molecule has 7 nitrogen and oxygen atoms in total. The van der Waals surface area contributed by atoms with Crippen LogP contribution in [-0.2, 0) is 20.1 Å². The van der Waals surface area contributed by atoms with E-state index in [9.17, 15) is 0 Å². The summed E-state index contributed by atoms with van der Waals surface area (Å²) in [7, 11) is 4.03.